The predicted octanol–water partition coefficient (Wildman–Crippen LogP) is 2.35. The largest absolute Gasteiger partial charge is 0.462 e. The molecule has 0 spiro atoms. The number of rotatable bonds is 7. The van der Waals surface area contributed by atoms with Crippen molar-refractivity contribution in [2.45, 2.75) is 33.6 Å². The van der Waals surface area contributed by atoms with Crippen molar-refractivity contribution in [3.05, 3.63) is 29.8 Å². The molecule has 2 rings (SSSR count). The van der Waals surface area contributed by atoms with Crippen molar-refractivity contribution >= 4 is 23.5 Å². The van der Waals surface area contributed by atoms with Crippen molar-refractivity contribution in [3.8, 4) is 0 Å². The van der Waals surface area contributed by atoms with E-state index in [1.165, 1.54) is 0 Å². The van der Waals surface area contributed by atoms with Crippen LogP contribution in [0.4, 0.5) is 5.69 Å². The third-order valence-corrected chi connectivity index (χ3v) is 3.94. The Labute approximate surface area is 142 Å². The highest BCUT2D eigenvalue weighted by molar-refractivity contribution is 6.13. The normalized spacial score (nSPS) is 14.8. The minimum absolute atomic E-state index is 0.211. The third kappa shape index (κ3) is 4.13. The molecule has 6 nitrogen and oxygen atoms in total. The highest BCUT2D eigenvalue weighted by Gasteiger charge is 2.56. The van der Waals surface area contributed by atoms with Crippen LogP contribution >= 0.6 is 0 Å². The van der Waals surface area contributed by atoms with E-state index in [1.54, 1.807) is 31.2 Å². The second kappa shape index (κ2) is 7.47. The van der Waals surface area contributed by atoms with Crippen LogP contribution in [0.2, 0.25) is 0 Å². The molecule has 2 amide bonds. The first-order valence-corrected chi connectivity index (χ1v) is 8.26. The number of hydrogen-bond acceptors (Lipinski definition) is 4. The zero-order valence-corrected chi connectivity index (χ0v) is 14.3. The van der Waals surface area contributed by atoms with Crippen LogP contribution in [0.25, 0.3) is 0 Å². The smallest absolute Gasteiger partial charge is 0.338 e. The van der Waals surface area contributed by atoms with Gasteiger partial charge < -0.3 is 15.4 Å². The molecule has 0 saturated heterocycles. The second-order valence-corrected chi connectivity index (χ2v) is 6.44. The van der Waals surface area contributed by atoms with Crippen molar-refractivity contribution in [3.63, 3.8) is 0 Å². The molecule has 0 aliphatic heterocycles. The lowest BCUT2D eigenvalue weighted by atomic mass is 10.0. The van der Waals surface area contributed by atoms with Crippen LogP contribution in [0, 0.1) is 11.3 Å². The van der Waals surface area contributed by atoms with Crippen molar-refractivity contribution < 1.29 is 19.1 Å². The summed E-state index contributed by atoms with van der Waals surface area (Å²) in [6, 6.07) is 6.44. The van der Waals surface area contributed by atoms with E-state index in [-0.39, 0.29) is 11.8 Å². The zero-order chi connectivity index (χ0) is 17.7. The molecule has 0 heterocycles. The summed E-state index contributed by atoms with van der Waals surface area (Å²) < 4.78 is 4.91. The van der Waals surface area contributed by atoms with Gasteiger partial charge in [0.2, 0.25) is 11.8 Å². The lowest BCUT2D eigenvalue weighted by molar-refractivity contribution is -0.134. The molecule has 2 N–H and O–H groups in total. The topological polar surface area (TPSA) is 84.5 Å². The number of carbonyl (C=O) groups is 3. The van der Waals surface area contributed by atoms with Gasteiger partial charge in [0.05, 0.1) is 12.2 Å². The molecule has 0 bridgehead atoms. The molecule has 1 aromatic rings. The Kier molecular flexibility index (Phi) is 5.59. The number of ether oxygens (including phenoxy) is 1. The Morgan fingerprint density at radius 2 is 1.75 bits per heavy atom. The van der Waals surface area contributed by atoms with Gasteiger partial charge in [-0.05, 0) is 49.9 Å². The minimum atomic E-state index is -0.950. The number of esters is 1. The van der Waals surface area contributed by atoms with E-state index in [9.17, 15) is 14.4 Å². The molecule has 1 fully saturated rings. The standard InChI is InChI=1S/C18H24N2O4/c1-4-24-15(21)13-5-7-14(8-6-13)20-17(23)18(9-10-18)16(22)19-11-12(2)3/h5-8,12H,4,9-11H2,1-3H3,(H,19,22)(H,20,23). The minimum Gasteiger partial charge on any atom is -0.462 e. The first kappa shape index (κ1) is 18.0. The molecular formula is C18H24N2O4. The SMILES string of the molecule is CCOC(=O)c1ccc(NC(=O)C2(C(=O)NCC(C)C)CC2)cc1. The van der Waals surface area contributed by atoms with E-state index >= 15 is 0 Å². The van der Waals surface area contributed by atoms with Crippen LogP contribution in [-0.2, 0) is 14.3 Å². The number of anilines is 1. The summed E-state index contributed by atoms with van der Waals surface area (Å²) >= 11 is 0. The number of carbonyl (C=O) groups excluding carboxylic acids is 3. The Morgan fingerprint density at radius 1 is 1.12 bits per heavy atom. The Hall–Kier alpha value is -2.37. The third-order valence-electron chi connectivity index (χ3n) is 3.94. The van der Waals surface area contributed by atoms with Gasteiger partial charge in [0.1, 0.15) is 5.41 Å². The average molecular weight is 332 g/mol. The van der Waals surface area contributed by atoms with E-state index in [0.717, 1.165) is 0 Å². The van der Waals surface area contributed by atoms with Crippen molar-refractivity contribution in [2.24, 2.45) is 11.3 Å². The van der Waals surface area contributed by atoms with Crippen LogP contribution in [0.3, 0.4) is 0 Å². The summed E-state index contributed by atoms with van der Waals surface area (Å²) in [5.41, 5.74) is 0.0240. The van der Waals surface area contributed by atoms with Gasteiger partial charge in [-0.1, -0.05) is 13.8 Å². The maximum absolute atomic E-state index is 12.4. The Morgan fingerprint density at radius 3 is 2.25 bits per heavy atom. The Balaban J connectivity index is 1.97. The number of benzene rings is 1. The number of hydrogen-bond donors (Lipinski definition) is 2. The average Bonchev–Trinajstić information content (AvgIpc) is 3.35. The van der Waals surface area contributed by atoms with Gasteiger partial charge in [-0.25, -0.2) is 4.79 Å². The van der Waals surface area contributed by atoms with Gasteiger partial charge in [0.15, 0.2) is 0 Å². The lowest BCUT2D eigenvalue weighted by Gasteiger charge is -2.16. The second-order valence-electron chi connectivity index (χ2n) is 6.44. The fourth-order valence-corrected chi connectivity index (χ4v) is 2.30. The molecule has 1 aromatic carbocycles. The summed E-state index contributed by atoms with van der Waals surface area (Å²) in [7, 11) is 0. The summed E-state index contributed by atoms with van der Waals surface area (Å²) in [4.78, 5) is 36.3. The first-order chi connectivity index (χ1) is 11.4. The maximum Gasteiger partial charge on any atom is 0.338 e. The van der Waals surface area contributed by atoms with Gasteiger partial charge in [-0.3, -0.25) is 9.59 Å². The van der Waals surface area contributed by atoms with E-state index in [4.69, 9.17) is 4.74 Å². The molecule has 1 aliphatic rings. The van der Waals surface area contributed by atoms with Crippen LogP contribution in [0.5, 0.6) is 0 Å². The van der Waals surface area contributed by atoms with Crippen LogP contribution in [-0.4, -0.2) is 30.9 Å². The fourth-order valence-electron chi connectivity index (χ4n) is 2.30. The fraction of sp³-hybridized carbons (Fsp3) is 0.500. The predicted molar refractivity (Wildman–Crippen MR) is 90.5 cm³/mol. The quantitative estimate of drug-likeness (QED) is 0.593. The van der Waals surface area contributed by atoms with Crippen molar-refractivity contribution in [2.75, 3.05) is 18.5 Å². The number of amides is 2. The van der Waals surface area contributed by atoms with E-state index in [1.807, 2.05) is 13.8 Å². The van der Waals surface area contributed by atoms with Crippen LogP contribution in [0.15, 0.2) is 24.3 Å². The van der Waals surface area contributed by atoms with Gasteiger partial charge >= 0.3 is 5.97 Å². The van der Waals surface area contributed by atoms with Gasteiger partial charge in [-0.2, -0.15) is 0 Å². The zero-order valence-electron chi connectivity index (χ0n) is 14.3. The van der Waals surface area contributed by atoms with E-state index < -0.39 is 11.4 Å². The molecule has 1 saturated carbocycles. The highest BCUT2D eigenvalue weighted by atomic mass is 16.5. The molecule has 0 aromatic heterocycles. The summed E-state index contributed by atoms with van der Waals surface area (Å²) in [5.74, 6) is -0.574. The highest BCUT2D eigenvalue weighted by Crippen LogP contribution is 2.46. The molecule has 130 valence electrons. The van der Waals surface area contributed by atoms with Crippen LogP contribution in [0.1, 0.15) is 44.0 Å². The van der Waals surface area contributed by atoms with E-state index in [0.29, 0.717) is 43.2 Å². The molecule has 0 atom stereocenters. The van der Waals surface area contributed by atoms with Gasteiger partial charge in [-0.15, -0.1) is 0 Å². The van der Waals surface area contributed by atoms with Crippen molar-refractivity contribution in [1.82, 2.24) is 5.32 Å². The van der Waals surface area contributed by atoms with Gasteiger partial charge in [0, 0.05) is 12.2 Å². The monoisotopic (exact) mass is 332 g/mol. The molecule has 6 heteroatoms. The van der Waals surface area contributed by atoms with Crippen LogP contribution < -0.4 is 10.6 Å². The number of nitrogens with one attached hydrogen (secondary N) is 2. The van der Waals surface area contributed by atoms with E-state index in [2.05, 4.69) is 10.6 Å². The first-order valence-electron chi connectivity index (χ1n) is 8.26. The molecule has 1 aliphatic carbocycles. The summed E-state index contributed by atoms with van der Waals surface area (Å²) in [6.07, 6.45) is 1.12. The molecule has 24 heavy (non-hydrogen) atoms. The molecule has 0 radical (unpaired) electrons. The Bertz CT molecular complexity index is 618. The van der Waals surface area contributed by atoms with Crippen molar-refractivity contribution in [1.29, 1.82) is 0 Å². The molecular weight excluding hydrogens is 308 g/mol. The summed E-state index contributed by atoms with van der Waals surface area (Å²) in [6.45, 7) is 6.62. The van der Waals surface area contributed by atoms with Gasteiger partial charge in [0.25, 0.3) is 0 Å². The maximum atomic E-state index is 12.4. The molecule has 0 unspecified atom stereocenters. The summed E-state index contributed by atoms with van der Waals surface area (Å²) in [5, 5.41) is 5.59. The lowest BCUT2D eigenvalue weighted by Crippen LogP contribution is -2.41.